The highest BCUT2D eigenvalue weighted by Crippen LogP contribution is 2.41. The van der Waals surface area contributed by atoms with Crippen LogP contribution in [0.25, 0.3) is 10.9 Å². The molecule has 0 aliphatic heterocycles. The number of ether oxygens (including phenoxy) is 1. The summed E-state index contributed by atoms with van der Waals surface area (Å²) in [5.74, 6) is 0.940. The quantitative estimate of drug-likeness (QED) is 0.264. The molecule has 0 saturated heterocycles. The average Bonchev–Trinajstić information content (AvgIpc) is 2.86. The van der Waals surface area contributed by atoms with E-state index in [9.17, 15) is 5.11 Å². The number of aliphatic hydroxyl groups is 1. The molecule has 0 bridgehead atoms. The van der Waals surface area contributed by atoms with Gasteiger partial charge in [0.15, 0.2) is 0 Å². The van der Waals surface area contributed by atoms with Crippen LogP contribution in [-0.4, -0.2) is 23.9 Å². The van der Waals surface area contributed by atoms with Crippen LogP contribution in [0.1, 0.15) is 99.5 Å². The van der Waals surface area contributed by atoms with Crippen LogP contribution in [-0.2, 0) is 5.41 Å². The summed E-state index contributed by atoms with van der Waals surface area (Å²) in [6.45, 7) is 17.0. The monoisotopic (exact) mass is 473 g/mol. The summed E-state index contributed by atoms with van der Waals surface area (Å²) < 4.78 is 6.01. The molecule has 0 radical (unpaired) electrons. The maximum Gasteiger partial charge on any atom is 0.214 e. The Morgan fingerprint density at radius 1 is 0.971 bits per heavy atom. The number of aryl methyl sites for hydroxylation is 2. The zero-order chi connectivity index (χ0) is 25.3. The molecule has 35 heavy (non-hydrogen) atoms. The molecule has 0 aromatic heterocycles. The summed E-state index contributed by atoms with van der Waals surface area (Å²) in [7, 11) is 0. The van der Waals surface area contributed by atoms with E-state index in [2.05, 4.69) is 75.0 Å². The lowest BCUT2D eigenvalue weighted by atomic mass is 9.70. The molecule has 188 valence electrons. The van der Waals surface area contributed by atoms with E-state index in [1.165, 1.54) is 28.7 Å². The van der Waals surface area contributed by atoms with E-state index < -0.39 is 5.60 Å². The Kier molecular flexibility index (Phi) is 9.58. The Labute approximate surface area is 213 Å². The largest absolute Gasteiger partial charge is 0.493 e. The number of rotatable bonds is 11. The zero-order valence-electron chi connectivity index (χ0n) is 22.2. The van der Waals surface area contributed by atoms with Gasteiger partial charge in [-0.15, -0.1) is 0 Å². The maximum atomic E-state index is 10.9. The van der Waals surface area contributed by atoms with Gasteiger partial charge in [0.05, 0.1) is 12.2 Å². The minimum absolute atomic E-state index is 0.0481. The van der Waals surface area contributed by atoms with Gasteiger partial charge in [0.2, 0.25) is 6.54 Å². The lowest BCUT2D eigenvalue weighted by Crippen LogP contribution is -2.28. The van der Waals surface area contributed by atoms with E-state index >= 15 is 0 Å². The van der Waals surface area contributed by atoms with Crippen molar-refractivity contribution in [1.29, 1.82) is 0 Å². The molecular formula is C32H43NO2. The fourth-order valence-electron chi connectivity index (χ4n) is 5.55. The highest BCUT2D eigenvalue weighted by molar-refractivity contribution is 5.57. The van der Waals surface area contributed by atoms with E-state index in [4.69, 9.17) is 11.3 Å². The molecule has 3 nitrogen and oxygen atoms in total. The molecule has 1 N–H and O–H groups in total. The van der Waals surface area contributed by atoms with Crippen molar-refractivity contribution in [1.82, 2.24) is 0 Å². The molecule has 3 heteroatoms. The Hall–Kier alpha value is -2.57. The Bertz CT molecular complexity index is 1040. The molecular weight excluding hydrogens is 430 g/mol. The van der Waals surface area contributed by atoms with E-state index in [-0.39, 0.29) is 5.41 Å². The van der Waals surface area contributed by atoms with Crippen LogP contribution in [0.15, 0.2) is 42.5 Å². The van der Waals surface area contributed by atoms with Gasteiger partial charge < -0.3 is 14.7 Å². The smallest absolute Gasteiger partial charge is 0.214 e. The number of nitrogens with zero attached hydrogens (tertiary/aromatic N) is 1. The van der Waals surface area contributed by atoms with Crippen LogP contribution in [0.3, 0.4) is 0 Å². The Balaban J connectivity index is 1.82. The lowest BCUT2D eigenvalue weighted by Gasteiger charge is -2.34. The number of hydrogen-bond donors (Lipinski definition) is 1. The van der Waals surface area contributed by atoms with Gasteiger partial charge in [0, 0.05) is 11.8 Å². The standard InChI is InChI=1S/C32H43NO2/c1-6-32(7-2,29-15-16-30(26(4)24-29)35-22-12-11-21-33-5)28-14-13-27(25(3)23-28)17-20-31(34)18-9-8-10-19-31/h13-17,20,23-24,34H,6-12,18-19,21-22H2,1-4H3/b20-17+. The molecule has 1 saturated carbocycles. The van der Waals surface area contributed by atoms with Crippen molar-refractivity contribution < 1.29 is 9.84 Å². The number of benzene rings is 2. The summed E-state index contributed by atoms with van der Waals surface area (Å²) in [6.07, 6.45) is 13.2. The Morgan fingerprint density at radius 3 is 2.23 bits per heavy atom. The van der Waals surface area contributed by atoms with Gasteiger partial charge in [0.25, 0.3) is 0 Å². The van der Waals surface area contributed by atoms with Crippen LogP contribution >= 0.6 is 0 Å². The fraction of sp³-hybridized carbons (Fsp3) is 0.531. The third-order valence-electron chi connectivity index (χ3n) is 7.97. The highest BCUT2D eigenvalue weighted by Gasteiger charge is 2.31. The van der Waals surface area contributed by atoms with Gasteiger partial charge >= 0.3 is 0 Å². The highest BCUT2D eigenvalue weighted by atomic mass is 16.5. The van der Waals surface area contributed by atoms with Gasteiger partial charge in [-0.3, -0.25) is 0 Å². The predicted octanol–water partition coefficient (Wildman–Crippen LogP) is 8.20. The molecule has 0 amide bonds. The third-order valence-corrected chi connectivity index (χ3v) is 7.97. The topological polar surface area (TPSA) is 33.8 Å². The fourth-order valence-corrected chi connectivity index (χ4v) is 5.55. The van der Waals surface area contributed by atoms with E-state index in [1.54, 1.807) is 0 Å². The molecule has 0 atom stereocenters. The van der Waals surface area contributed by atoms with E-state index in [0.717, 1.165) is 62.7 Å². The average molecular weight is 474 g/mol. The van der Waals surface area contributed by atoms with Crippen molar-refractivity contribution in [3.63, 3.8) is 0 Å². The maximum absolute atomic E-state index is 10.9. The third kappa shape index (κ3) is 6.56. The van der Waals surface area contributed by atoms with Gasteiger partial charge in [-0.1, -0.05) is 75.6 Å². The summed E-state index contributed by atoms with van der Waals surface area (Å²) >= 11 is 0. The molecule has 0 spiro atoms. The summed E-state index contributed by atoms with van der Waals surface area (Å²) in [4.78, 5) is 3.41. The summed E-state index contributed by atoms with van der Waals surface area (Å²) in [5.41, 5.74) is 5.59. The second-order valence-electron chi connectivity index (χ2n) is 10.3. The molecule has 1 aliphatic carbocycles. The second-order valence-corrected chi connectivity index (χ2v) is 10.3. The van der Waals surface area contributed by atoms with Gasteiger partial charge in [-0.25, -0.2) is 6.57 Å². The normalized spacial score (nSPS) is 15.8. The lowest BCUT2D eigenvalue weighted by molar-refractivity contribution is 0.0521. The van der Waals surface area contributed by atoms with Crippen LogP contribution < -0.4 is 4.74 Å². The Morgan fingerprint density at radius 2 is 1.63 bits per heavy atom. The van der Waals surface area contributed by atoms with Crippen molar-refractivity contribution >= 4 is 6.08 Å². The van der Waals surface area contributed by atoms with Crippen LogP contribution in [0.2, 0.25) is 0 Å². The molecule has 1 aliphatic rings. The summed E-state index contributed by atoms with van der Waals surface area (Å²) in [5, 5.41) is 10.9. The second kappa shape index (κ2) is 12.4. The van der Waals surface area contributed by atoms with E-state index in [0.29, 0.717) is 13.2 Å². The van der Waals surface area contributed by atoms with Crippen molar-refractivity contribution in [2.45, 2.75) is 96.5 Å². The molecule has 3 rings (SSSR count). The number of hydrogen-bond acceptors (Lipinski definition) is 2. The van der Waals surface area contributed by atoms with Crippen molar-refractivity contribution in [2.24, 2.45) is 0 Å². The minimum atomic E-state index is -0.641. The SMILES string of the molecule is [C-]#[N+]CCCCOc1ccc(C(CC)(CC)c2ccc(/C=C/C3(O)CCCCC3)c(C)c2)cc1C. The van der Waals surface area contributed by atoms with Gasteiger partial charge in [0.1, 0.15) is 5.75 Å². The molecule has 2 aromatic carbocycles. The molecule has 0 unspecified atom stereocenters. The summed E-state index contributed by atoms with van der Waals surface area (Å²) in [6, 6.07) is 13.5. The zero-order valence-corrected chi connectivity index (χ0v) is 22.2. The molecule has 2 aromatic rings. The minimum Gasteiger partial charge on any atom is -0.493 e. The van der Waals surface area contributed by atoms with Crippen LogP contribution in [0, 0.1) is 20.4 Å². The predicted molar refractivity (Wildman–Crippen MR) is 147 cm³/mol. The van der Waals surface area contributed by atoms with Gasteiger partial charge in [-0.05, 0) is 79.8 Å². The van der Waals surface area contributed by atoms with Crippen molar-refractivity contribution in [3.05, 3.63) is 81.7 Å². The first-order valence-electron chi connectivity index (χ1n) is 13.5. The first-order valence-corrected chi connectivity index (χ1v) is 13.5. The first-order chi connectivity index (χ1) is 16.9. The van der Waals surface area contributed by atoms with Gasteiger partial charge in [-0.2, -0.15) is 0 Å². The van der Waals surface area contributed by atoms with Crippen molar-refractivity contribution in [2.75, 3.05) is 13.2 Å². The van der Waals surface area contributed by atoms with Crippen molar-refractivity contribution in [3.8, 4) is 5.75 Å². The molecule has 0 heterocycles. The van der Waals surface area contributed by atoms with Crippen LogP contribution in [0.4, 0.5) is 0 Å². The first kappa shape index (κ1) is 27.0. The molecule has 1 fully saturated rings. The van der Waals surface area contributed by atoms with Crippen LogP contribution in [0.5, 0.6) is 5.75 Å². The number of unbranched alkanes of at least 4 members (excludes halogenated alkanes) is 1. The van der Waals surface area contributed by atoms with E-state index in [1.807, 2.05) is 6.08 Å².